The van der Waals surface area contributed by atoms with E-state index in [-0.39, 0.29) is 41.8 Å². The van der Waals surface area contributed by atoms with Gasteiger partial charge in [-0.05, 0) is 79.0 Å². The largest absolute Gasteiger partial charge is 0.508 e. The van der Waals surface area contributed by atoms with Crippen LogP contribution in [0.1, 0.15) is 58.8 Å². The Morgan fingerprint density at radius 3 is 2.18 bits per heavy atom. The number of benzene rings is 5. The summed E-state index contributed by atoms with van der Waals surface area (Å²) in [5.41, 5.74) is 5.21. The molecule has 1 saturated heterocycles. The molecule has 0 aromatic heterocycles. The molecule has 1 aliphatic heterocycles. The van der Waals surface area contributed by atoms with Gasteiger partial charge in [0.25, 0.3) is 0 Å². The number of phenolic OH excluding ortho intramolecular Hbond substituents is 1. The highest BCUT2D eigenvalue weighted by Crippen LogP contribution is 2.42. The Hall–Kier alpha value is -4.92. The van der Waals surface area contributed by atoms with Crippen molar-refractivity contribution in [3.63, 3.8) is 0 Å². The van der Waals surface area contributed by atoms with Gasteiger partial charge in [0.1, 0.15) is 11.8 Å². The number of aliphatic hydroxyl groups is 2. The number of phenols is 1. The fraction of sp³-hybridized carbons (Fsp3) is 0.295. The minimum absolute atomic E-state index is 0.0694. The van der Waals surface area contributed by atoms with Gasteiger partial charge in [0.2, 0.25) is 15.9 Å². The summed E-state index contributed by atoms with van der Waals surface area (Å²) in [6.45, 7) is 4.63. The van der Waals surface area contributed by atoms with Gasteiger partial charge < -0.3 is 35.0 Å². The van der Waals surface area contributed by atoms with Crippen LogP contribution in [-0.4, -0.2) is 66.8 Å². The Morgan fingerprint density at radius 2 is 1.52 bits per heavy atom. The summed E-state index contributed by atoms with van der Waals surface area (Å²) in [6.07, 6.45) is -2.15. The number of ether oxygens (including phenoxy) is 2. The highest BCUT2D eigenvalue weighted by Gasteiger charge is 2.39. The molecule has 6 rings (SSSR count). The molecule has 0 radical (unpaired) electrons. The lowest BCUT2D eigenvalue weighted by atomic mass is 9.90. The van der Waals surface area contributed by atoms with Crippen molar-refractivity contribution in [2.75, 3.05) is 25.5 Å². The number of aliphatic hydroxyl groups excluding tert-OH is 2. The van der Waals surface area contributed by atoms with Crippen molar-refractivity contribution in [3.05, 3.63) is 161 Å². The molecule has 1 amide bonds. The molecular formula is C44H49N3O8S. The number of sulfonamides is 1. The maximum Gasteiger partial charge on any atom is 0.242 e. The van der Waals surface area contributed by atoms with Crippen LogP contribution in [0.4, 0.5) is 5.69 Å². The average Bonchev–Trinajstić information content (AvgIpc) is 3.19. The van der Waals surface area contributed by atoms with Gasteiger partial charge in [-0.2, -0.15) is 4.72 Å². The summed E-state index contributed by atoms with van der Waals surface area (Å²) < 4.78 is 42.6. The highest BCUT2D eigenvalue weighted by atomic mass is 32.2. The number of hydrogen-bond donors (Lipinski definition) is 5. The quantitative estimate of drug-likeness (QED) is 0.0838. The molecule has 0 bridgehead atoms. The van der Waals surface area contributed by atoms with E-state index in [1.54, 1.807) is 60.7 Å². The minimum atomic E-state index is -4.01. The molecule has 294 valence electrons. The van der Waals surface area contributed by atoms with Crippen LogP contribution in [-0.2, 0) is 37.3 Å². The second kappa shape index (κ2) is 18.4. The maximum absolute atomic E-state index is 13.7. The first kappa shape index (κ1) is 40.7. The van der Waals surface area contributed by atoms with E-state index < -0.39 is 34.4 Å². The van der Waals surface area contributed by atoms with Crippen LogP contribution >= 0.6 is 0 Å². The summed E-state index contributed by atoms with van der Waals surface area (Å²) in [5, 5.41) is 33.3. The number of nitrogens with zero attached hydrogens (tertiary/aromatic N) is 1. The lowest BCUT2D eigenvalue weighted by molar-refractivity contribution is -0.276. The van der Waals surface area contributed by atoms with E-state index in [1.165, 1.54) is 12.1 Å². The molecule has 1 heterocycles. The van der Waals surface area contributed by atoms with Gasteiger partial charge in [0.05, 0.1) is 29.8 Å². The molecular weight excluding hydrogens is 731 g/mol. The van der Waals surface area contributed by atoms with Crippen LogP contribution in [0, 0.1) is 12.8 Å². The molecule has 5 aromatic carbocycles. The van der Waals surface area contributed by atoms with Gasteiger partial charge in [-0.3, -0.25) is 4.79 Å². The Bertz CT molecular complexity index is 2150. The number of nitrogens with one attached hydrogen (secondary N) is 2. The number of hydrogen-bond acceptors (Lipinski definition) is 9. The highest BCUT2D eigenvalue weighted by molar-refractivity contribution is 7.89. The zero-order chi connectivity index (χ0) is 39.8. The van der Waals surface area contributed by atoms with Crippen molar-refractivity contribution in [2.45, 2.75) is 62.4 Å². The number of rotatable bonds is 15. The Labute approximate surface area is 328 Å². The Balaban J connectivity index is 1.19. The van der Waals surface area contributed by atoms with Crippen molar-refractivity contribution in [1.29, 1.82) is 0 Å². The van der Waals surface area contributed by atoms with E-state index in [0.717, 1.165) is 22.3 Å². The molecule has 12 heteroatoms. The first-order valence-electron chi connectivity index (χ1n) is 18.6. The molecule has 1 aliphatic rings. The van der Waals surface area contributed by atoms with Gasteiger partial charge in [-0.25, -0.2) is 8.42 Å². The minimum Gasteiger partial charge on any atom is -0.508 e. The summed E-state index contributed by atoms with van der Waals surface area (Å²) in [6, 6.07) is 35.8. The van der Waals surface area contributed by atoms with E-state index in [0.29, 0.717) is 29.9 Å². The van der Waals surface area contributed by atoms with Gasteiger partial charge in [-0.1, -0.05) is 103 Å². The maximum atomic E-state index is 13.7. The third-order valence-corrected chi connectivity index (χ3v) is 11.5. The van der Waals surface area contributed by atoms with E-state index >= 15 is 0 Å². The molecule has 6 unspecified atom stereocenters. The molecule has 6 atom stereocenters. The fourth-order valence-corrected chi connectivity index (χ4v) is 8.00. The van der Waals surface area contributed by atoms with Crippen molar-refractivity contribution < 1.29 is 38.0 Å². The molecule has 5 aromatic rings. The van der Waals surface area contributed by atoms with Gasteiger partial charge in [0, 0.05) is 30.3 Å². The SMILES string of the molecule is Cc1ccc(S(=O)(=O)NC(Cc2ccccc2)C(=O)Nc2ccc(C3OC(CN(C)CC(O)c4cccc(O)c4)C(C)C(c4ccc(CO)cc4)O3)cc2)cc1. The zero-order valence-corrected chi connectivity index (χ0v) is 32.5. The van der Waals surface area contributed by atoms with E-state index in [2.05, 4.69) is 17.0 Å². The molecule has 0 saturated carbocycles. The average molecular weight is 780 g/mol. The standard InChI is InChI=1S/C44H49N3O8S/c1-29-12-22-38(23-13-29)56(52,53)46-39(24-31-8-5-4-6-9-31)43(51)45-36-20-18-34(19-21-36)44-54-41(27-47(3)26-40(50)35-10-7-11-37(49)25-35)30(2)42(55-44)33-16-14-32(28-48)15-17-33/h4-23,25,30,39-42,44,46,48-50H,24,26-28H2,1-3H3,(H,45,51). The number of aromatic hydroxyl groups is 1. The fourth-order valence-electron chi connectivity index (χ4n) is 6.81. The second-order valence-electron chi connectivity index (χ2n) is 14.4. The third kappa shape index (κ3) is 10.5. The summed E-state index contributed by atoms with van der Waals surface area (Å²) in [7, 11) is -2.11. The van der Waals surface area contributed by atoms with Crippen molar-refractivity contribution in [1.82, 2.24) is 9.62 Å². The molecule has 0 aliphatic carbocycles. The molecule has 1 fully saturated rings. The first-order valence-corrected chi connectivity index (χ1v) is 20.1. The van der Waals surface area contributed by atoms with Crippen molar-refractivity contribution in [3.8, 4) is 5.75 Å². The smallest absolute Gasteiger partial charge is 0.242 e. The number of anilines is 1. The Kier molecular flexibility index (Phi) is 13.3. The first-order chi connectivity index (χ1) is 26.9. The number of likely N-dealkylation sites (N-methyl/N-ethyl adjacent to an activating group) is 1. The number of carbonyl (C=O) groups excluding carboxylic acids is 1. The Morgan fingerprint density at radius 1 is 0.839 bits per heavy atom. The third-order valence-electron chi connectivity index (χ3n) is 10.0. The van der Waals surface area contributed by atoms with Crippen LogP contribution in [0.2, 0.25) is 0 Å². The lowest BCUT2D eigenvalue weighted by Gasteiger charge is -2.42. The molecule has 0 spiro atoms. The molecule has 56 heavy (non-hydrogen) atoms. The predicted octanol–water partition coefficient (Wildman–Crippen LogP) is 6.18. The van der Waals surface area contributed by atoms with E-state index in [4.69, 9.17) is 9.47 Å². The van der Waals surface area contributed by atoms with Gasteiger partial charge >= 0.3 is 0 Å². The number of aryl methyl sites for hydroxylation is 1. The number of carbonyl (C=O) groups is 1. The molecule has 5 N–H and O–H groups in total. The predicted molar refractivity (Wildman–Crippen MR) is 214 cm³/mol. The van der Waals surface area contributed by atoms with Crippen molar-refractivity contribution >= 4 is 21.6 Å². The van der Waals surface area contributed by atoms with Crippen LogP contribution < -0.4 is 10.0 Å². The zero-order valence-electron chi connectivity index (χ0n) is 31.7. The monoisotopic (exact) mass is 779 g/mol. The summed E-state index contributed by atoms with van der Waals surface area (Å²) in [5.74, 6) is -0.530. The van der Waals surface area contributed by atoms with E-state index in [1.807, 2.05) is 73.5 Å². The normalized spacial score (nSPS) is 19.7. The van der Waals surface area contributed by atoms with Crippen LogP contribution in [0.3, 0.4) is 0 Å². The lowest BCUT2D eigenvalue weighted by Crippen LogP contribution is -2.45. The van der Waals surface area contributed by atoms with E-state index in [9.17, 15) is 28.5 Å². The van der Waals surface area contributed by atoms with Crippen LogP contribution in [0.5, 0.6) is 5.75 Å². The summed E-state index contributed by atoms with van der Waals surface area (Å²) >= 11 is 0. The topological polar surface area (TPSA) is 158 Å². The van der Waals surface area contributed by atoms with Gasteiger partial charge in [-0.15, -0.1) is 0 Å². The van der Waals surface area contributed by atoms with Crippen molar-refractivity contribution in [2.24, 2.45) is 5.92 Å². The van der Waals surface area contributed by atoms with Crippen LogP contribution in [0.15, 0.2) is 132 Å². The second-order valence-corrected chi connectivity index (χ2v) is 16.2. The number of amides is 1. The summed E-state index contributed by atoms with van der Waals surface area (Å²) in [4.78, 5) is 15.8. The molecule has 11 nitrogen and oxygen atoms in total. The van der Waals surface area contributed by atoms with Gasteiger partial charge in [0.15, 0.2) is 6.29 Å². The van der Waals surface area contributed by atoms with Crippen LogP contribution in [0.25, 0.3) is 0 Å².